The molecular weight excluding hydrogens is 374 g/mol. The summed E-state index contributed by atoms with van der Waals surface area (Å²) in [6, 6.07) is 13.9. The Kier molecular flexibility index (Phi) is 6.66. The van der Waals surface area contributed by atoms with Crippen molar-refractivity contribution in [1.82, 2.24) is 0 Å². The summed E-state index contributed by atoms with van der Waals surface area (Å²) in [5.41, 5.74) is 0.132. The van der Waals surface area contributed by atoms with Crippen molar-refractivity contribution in [3.63, 3.8) is 0 Å². The summed E-state index contributed by atoms with van der Waals surface area (Å²) in [5.74, 6) is -0.994. The Labute approximate surface area is 158 Å². The molecule has 2 rings (SSSR count). The molecule has 1 atom stereocenters. The van der Waals surface area contributed by atoms with Gasteiger partial charge in [0.2, 0.25) is 0 Å². The van der Waals surface area contributed by atoms with Gasteiger partial charge >= 0.3 is 10.1 Å². The van der Waals surface area contributed by atoms with Gasteiger partial charge in [0.25, 0.3) is 5.69 Å². The van der Waals surface area contributed by atoms with E-state index in [-0.39, 0.29) is 6.61 Å². The number of ether oxygens (including phenoxy) is 2. The lowest BCUT2D eigenvalue weighted by atomic mass is 10.1. The SMILES string of the molecule is COC(C)(C)OC(COS(=O)(=O)c1ccccc1[N+](=O)[O-])c1ccccc1. The second-order valence-corrected chi connectivity index (χ2v) is 7.67. The quantitative estimate of drug-likeness (QED) is 0.277. The third-order valence-electron chi connectivity index (χ3n) is 3.79. The van der Waals surface area contributed by atoms with Gasteiger partial charge in [-0.05, 0) is 25.5 Å². The molecule has 0 bridgehead atoms. The van der Waals surface area contributed by atoms with E-state index in [0.29, 0.717) is 5.56 Å². The Morgan fingerprint density at radius 3 is 2.26 bits per heavy atom. The minimum absolute atomic E-state index is 0.370. The van der Waals surface area contributed by atoms with Crippen molar-refractivity contribution in [1.29, 1.82) is 0 Å². The van der Waals surface area contributed by atoms with Gasteiger partial charge in [0, 0.05) is 13.2 Å². The fraction of sp³-hybridized carbons (Fsp3) is 0.333. The lowest BCUT2D eigenvalue weighted by Crippen LogP contribution is -2.31. The van der Waals surface area contributed by atoms with E-state index >= 15 is 0 Å². The molecule has 0 aliphatic heterocycles. The van der Waals surface area contributed by atoms with Crippen LogP contribution in [0.15, 0.2) is 59.5 Å². The first-order chi connectivity index (χ1) is 12.7. The second kappa shape index (κ2) is 8.57. The first kappa shape index (κ1) is 21.0. The summed E-state index contributed by atoms with van der Waals surface area (Å²) in [7, 11) is -2.90. The zero-order chi connectivity index (χ0) is 20.1. The predicted molar refractivity (Wildman–Crippen MR) is 97.6 cm³/mol. The molecule has 0 N–H and O–H groups in total. The summed E-state index contributed by atoms with van der Waals surface area (Å²) in [5, 5.41) is 11.1. The molecule has 0 aliphatic rings. The number of benzene rings is 2. The van der Waals surface area contributed by atoms with Crippen LogP contribution in [0.1, 0.15) is 25.5 Å². The molecule has 2 aromatic rings. The van der Waals surface area contributed by atoms with Crippen LogP contribution in [-0.2, 0) is 23.8 Å². The molecule has 0 saturated carbocycles. The van der Waals surface area contributed by atoms with Crippen molar-refractivity contribution < 1.29 is 27.0 Å². The molecule has 0 amide bonds. The molecule has 0 heterocycles. The number of methoxy groups -OCH3 is 1. The Hall–Kier alpha value is -2.33. The van der Waals surface area contributed by atoms with Crippen LogP contribution in [0.4, 0.5) is 5.69 Å². The van der Waals surface area contributed by atoms with Crippen LogP contribution < -0.4 is 0 Å². The maximum Gasteiger partial charge on any atom is 0.303 e. The zero-order valence-corrected chi connectivity index (χ0v) is 16.0. The third kappa shape index (κ3) is 5.57. The molecule has 0 saturated heterocycles. The Balaban J connectivity index is 2.27. The van der Waals surface area contributed by atoms with Gasteiger partial charge in [0.15, 0.2) is 10.7 Å². The number of nitro groups is 1. The van der Waals surface area contributed by atoms with Crippen LogP contribution in [0.5, 0.6) is 0 Å². The van der Waals surface area contributed by atoms with E-state index in [0.717, 1.165) is 12.1 Å². The van der Waals surface area contributed by atoms with Crippen molar-refractivity contribution >= 4 is 15.8 Å². The van der Waals surface area contributed by atoms with Gasteiger partial charge < -0.3 is 9.47 Å². The smallest absolute Gasteiger partial charge is 0.303 e. The van der Waals surface area contributed by atoms with E-state index in [1.165, 1.54) is 19.2 Å². The molecule has 0 radical (unpaired) electrons. The first-order valence-electron chi connectivity index (χ1n) is 8.07. The van der Waals surface area contributed by atoms with Crippen molar-refractivity contribution in [3.8, 4) is 0 Å². The molecule has 2 aromatic carbocycles. The van der Waals surface area contributed by atoms with E-state index < -0.39 is 37.5 Å². The summed E-state index contributed by atoms with van der Waals surface area (Å²) < 4.78 is 41.2. The molecule has 27 heavy (non-hydrogen) atoms. The molecule has 0 fully saturated rings. The van der Waals surface area contributed by atoms with Gasteiger partial charge in [0.1, 0.15) is 6.10 Å². The Morgan fingerprint density at radius 1 is 1.07 bits per heavy atom. The van der Waals surface area contributed by atoms with Crippen LogP contribution in [0.25, 0.3) is 0 Å². The third-order valence-corrected chi connectivity index (χ3v) is 5.13. The van der Waals surface area contributed by atoms with Gasteiger partial charge in [-0.1, -0.05) is 42.5 Å². The van der Waals surface area contributed by atoms with Crippen LogP contribution >= 0.6 is 0 Å². The van der Waals surface area contributed by atoms with Crippen molar-refractivity contribution in [2.45, 2.75) is 30.6 Å². The highest BCUT2D eigenvalue weighted by molar-refractivity contribution is 7.87. The monoisotopic (exact) mass is 395 g/mol. The summed E-state index contributed by atoms with van der Waals surface area (Å²) in [6.07, 6.45) is -0.765. The van der Waals surface area contributed by atoms with Crippen molar-refractivity contribution in [2.24, 2.45) is 0 Å². The second-order valence-electron chi connectivity index (χ2n) is 6.08. The van der Waals surface area contributed by atoms with Gasteiger partial charge in [0.05, 0.1) is 11.5 Å². The molecule has 146 valence electrons. The van der Waals surface area contributed by atoms with E-state index in [1.807, 2.05) is 6.07 Å². The zero-order valence-electron chi connectivity index (χ0n) is 15.2. The topological polar surface area (TPSA) is 105 Å². The normalized spacial score (nSPS) is 13.3. The first-order valence-corrected chi connectivity index (χ1v) is 9.48. The lowest BCUT2D eigenvalue weighted by Gasteiger charge is -2.29. The number of para-hydroxylation sites is 1. The van der Waals surface area contributed by atoms with Gasteiger partial charge in [-0.25, -0.2) is 0 Å². The van der Waals surface area contributed by atoms with Crippen LogP contribution in [0.3, 0.4) is 0 Å². The fourth-order valence-corrected chi connectivity index (χ4v) is 3.36. The van der Waals surface area contributed by atoms with Gasteiger partial charge in [-0.3, -0.25) is 14.3 Å². The number of rotatable bonds is 9. The number of hydrogen-bond donors (Lipinski definition) is 0. The fourth-order valence-electron chi connectivity index (χ4n) is 2.29. The molecule has 0 aliphatic carbocycles. The van der Waals surface area contributed by atoms with Crippen molar-refractivity contribution in [3.05, 3.63) is 70.3 Å². The maximum absolute atomic E-state index is 12.5. The van der Waals surface area contributed by atoms with Crippen LogP contribution in [0, 0.1) is 10.1 Å². The minimum Gasteiger partial charge on any atom is -0.354 e. The van der Waals surface area contributed by atoms with Crippen LogP contribution in [0.2, 0.25) is 0 Å². The van der Waals surface area contributed by atoms with E-state index in [9.17, 15) is 18.5 Å². The summed E-state index contributed by atoms with van der Waals surface area (Å²) in [4.78, 5) is 9.82. The van der Waals surface area contributed by atoms with Crippen LogP contribution in [-0.4, -0.2) is 32.8 Å². The number of hydrogen-bond acceptors (Lipinski definition) is 7. The van der Waals surface area contributed by atoms with E-state index in [4.69, 9.17) is 13.7 Å². The summed E-state index contributed by atoms with van der Waals surface area (Å²) in [6.45, 7) is 2.99. The van der Waals surface area contributed by atoms with E-state index in [2.05, 4.69) is 0 Å². The molecular formula is C18H21NO7S. The largest absolute Gasteiger partial charge is 0.354 e. The maximum atomic E-state index is 12.5. The van der Waals surface area contributed by atoms with Crippen molar-refractivity contribution in [2.75, 3.05) is 13.7 Å². The number of nitro benzene ring substituents is 1. The number of nitrogens with zero attached hydrogens (tertiary/aromatic N) is 1. The molecule has 9 heteroatoms. The molecule has 0 aromatic heterocycles. The van der Waals surface area contributed by atoms with E-state index in [1.54, 1.807) is 38.1 Å². The highest BCUT2D eigenvalue weighted by atomic mass is 32.2. The highest BCUT2D eigenvalue weighted by Crippen LogP contribution is 2.29. The minimum atomic E-state index is -4.36. The average molecular weight is 395 g/mol. The summed E-state index contributed by atoms with van der Waals surface area (Å²) >= 11 is 0. The Morgan fingerprint density at radius 2 is 1.67 bits per heavy atom. The lowest BCUT2D eigenvalue weighted by molar-refractivity contribution is -0.387. The van der Waals surface area contributed by atoms with Gasteiger partial charge in [-0.2, -0.15) is 8.42 Å². The molecule has 8 nitrogen and oxygen atoms in total. The molecule has 1 unspecified atom stereocenters. The molecule has 0 spiro atoms. The standard InChI is InChI=1S/C18H21NO7S/c1-18(2,24-3)26-16(14-9-5-4-6-10-14)13-25-27(22,23)17-12-8-7-11-15(17)19(20)21/h4-12,16H,13H2,1-3H3. The van der Waals surface area contributed by atoms with Gasteiger partial charge in [-0.15, -0.1) is 0 Å². The average Bonchev–Trinajstić information content (AvgIpc) is 2.65. The highest BCUT2D eigenvalue weighted by Gasteiger charge is 2.30. The Bertz CT molecular complexity index is 882. The predicted octanol–water partition coefficient (Wildman–Crippen LogP) is 3.44.